The fraction of sp³-hybridized carbons (Fsp3) is 0.250. The maximum atomic E-state index is 14.2. The largest absolute Gasteiger partial charge is 0.446 e. The highest BCUT2D eigenvalue weighted by Gasteiger charge is 2.61. The van der Waals surface area contributed by atoms with Gasteiger partial charge in [-0.3, -0.25) is 0 Å². The second-order valence-electron chi connectivity index (χ2n) is 22.5. The standard InChI is InChI=1S/2C36H35NO4S/c2*1-3-32-33(23-27-13-7-4-8-14-27)37(42(39,40)31-21-19-26(2)20-22-31)25-29-24-36(34(29)32,30-17-11-6-12-18-30)41-35(38)28-15-9-5-10-16-28/h2*4-22,29,33H,3,23-25H2,1-2H3/t2*29-,33-,36+/m00/s1. The van der Waals surface area contributed by atoms with Gasteiger partial charge in [-0.2, -0.15) is 8.61 Å². The summed E-state index contributed by atoms with van der Waals surface area (Å²) in [6, 6.07) is 71.3. The van der Waals surface area contributed by atoms with Gasteiger partial charge in [0.15, 0.2) is 11.2 Å². The molecule has 0 bridgehead atoms. The van der Waals surface area contributed by atoms with Crippen molar-refractivity contribution < 1.29 is 35.9 Å². The molecule has 12 rings (SSSR count). The highest BCUT2D eigenvalue weighted by Crippen LogP contribution is 2.60. The van der Waals surface area contributed by atoms with E-state index < -0.39 is 43.3 Å². The highest BCUT2D eigenvalue weighted by atomic mass is 32.2. The molecule has 2 aliphatic carbocycles. The van der Waals surface area contributed by atoms with E-state index in [2.05, 4.69) is 13.8 Å². The lowest BCUT2D eigenvalue weighted by Gasteiger charge is -2.56. The van der Waals surface area contributed by atoms with Crippen LogP contribution in [0.5, 0.6) is 0 Å². The van der Waals surface area contributed by atoms with Gasteiger partial charge in [0.1, 0.15) is 0 Å². The SMILES string of the molecule is CCC1=C2[C@H](CN(S(=O)(=O)c3ccc(C)cc3)[C@H]1Cc1ccccc1)C[C@@]2(OC(=O)c1ccccc1)c1ccccc1.CCC1=C2[C@H](CN(S(=O)(=O)c3ccc(C)cc3)[C@H]1Cc1ccccc1)C[C@@]2(OC(=O)c1ccccc1)c1ccccc1. The van der Waals surface area contributed by atoms with Crippen LogP contribution in [-0.2, 0) is 53.6 Å². The Bertz CT molecular complexity index is 3660. The Morgan fingerprint density at radius 2 is 0.726 bits per heavy atom. The average Bonchev–Trinajstić information content (AvgIpc) is 1.03. The molecular formula is C72H70N2O8S2. The third-order valence-corrected chi connectivity index (χ3v) is 21.1. The summed E-state index contributed by atoms with van der Waals surface area (Å²) >= 11 is 0. The van der Waals surface area contributed by atoms with Crippen molar-refractivity contribution >= 4 is 32.0 Å². The fourth-order valence-electron chi connectivity index (χ4n) is 13.3. The number of hydrogen-bond donors (Lipinski definition) is 0. The first-order chi connectivity index (χ1) is 40.7. The summed E-state index contributed by atoms with van der Waals surface area (Å²) in [6.07, 6.45) is 3.38. The van der Waals surface area contributed by atoms with Crippen LogP contribution in [0.1, 0.15) is 93.6 Å². The van der Waals surface area contributed by atoms with Crippen molar-refractivity contribution in [2.75, 3.05) is 13.1 Å². The Balaban J connectivity index is 0.000000175. The van der Waals surface area contributed by atoms with Crippen LogP contribution in [0.15, 0.2) is 263 Å². The lowest BCUT2D eigenvalue weighted by atomic mass is 9.58. The Morgan fingerprint density at radius 1 is 0.429 bits per heavy atom. The Kier molecular flexibility index (Phi) is 16.7. The van der Waals surface area contributed by atoms with E-state index in [1.165, 1.54) is 0 Å². The third-order valence-electron chi connectivity index (χ3n) is 17.3. The summed E-state index contributed by atoms with van der Waals surface area (Å²) < 4.78 is 73.4. The molecule has 8 aromatic rings. The maximum absolute atomic E-state index is 14.2. The summed E-state index contributed by atoms with van der Waals surface area (Å²) in [5, 5.41) is 0. The molecule has 0 spiro atoms. The number of carbonyl (C=O) groups is 2. The van der Waals surface area contributed by atoms with Gasteiger partial charge in [-0.25, -0.2) is 26.4 Å². The van der Waals surface area contributed by atoms with E-state index in [0.29, 0.717) is 72.5 Å². The summed E-state index contributed by atoms with van der Waals surface area (Å²) in [4.78, 5) is 27.7. The molecule has 6 atom stereocenters. The smallest absolute Gasteiger partial charge is 0.339 e. The molecule has 2 saturated carbocycles. The Labute approximate surface area is 495 Å². The summed E-state index contributed by atoms with van der Waals surface area (Å²) in [6.45, 7) is 8.73. The average molecular weight is 1160 g/mol. The molecule has 8 aromatic carbocycles. The first-order valence-electron chi connectivity index (χ1n) is 29.1. The second kappa shape index (κ2) is 24.3. The van der Waals surface area contributed by atoms with E-state index in [1.807, 2.05) is 196 Å². The third kappa shape index (κ3) is 11.2. The lowest BCUT2D eigenvalue weighted by Crippen LogP contribution is -2.59. The monoisotopic (exact) mass is 1150 g/mol. The normalized spacial score (nSPS) is 22.2. The zero-order chi connectivity index (χ0) is 58.6. The van der Waals surface area contributed by atoms with Gasteiger partial charge in [0.2, 0.25) is 20.0 Å². The number of fused-ring (bicyclic) bond motifs is 2. The van der Waals surface area contributed by atoms with Gasteiger partial charge in [0.05, 0.1) is 33.0 Å². The predicted molar refractivity (Wildman–Crippen MR) is 329 cm³/mol. The minimum atomic E-state index is -3.79. The fourth-order valence-corrected chi connectivity index (χ4v) is 16.6. The van der Waals surface area contributed by atoms with Gasteiger partial charge < -0.3 is 9.47 Å². The highest BCUT2D eigenvalue weighted by molar-refractivity contribution is 7.89. The van der Waals surface area contributed by atoms with Gasteiger partial charge in [-0.1, -0.05) is 207 Å². The van der Waals surface area contributed by atoms with E-state index >= 15 is 0 Å². The Morgan fingerprint density at radius 3 is 1.04 bits per heavy atom. The van der Waals surface area contributed by atoms with E-state index in [0.717, 1.165) is 55.7 Å². The molecule has 10 nitrogen and oxygen atoms in total. The number of aryl methyl sites for hydroxylation is 2. The summed E-state index contributed by atoms with van der Waals surface area (Å²) in [5.41, 5.74) is 9.23. The molecule has 0 saturated heterocycles. The van der Waals surface area contributed by atoms with E-state index in [-0.39, 0.29) is 23.8 Å². The molecular weight excluding hydrogens is 1080 g/mol. The lowest BCUT2D eigenvalue weighted by molar-refractivity contribution is -0.0568. The van der Waals surface area contributed by atoms with Gasteiger partial charge in [0.25, 0.3) is 0 Å². The number of benzene rings is 8. The first-order valence-corrected chi connectivity index (χ1v) is 31.9. The quantitative estimate of drug-likeness (QED) is 0.0691. The maximum Gasteiger partial charge on any atom is 0.339 e. The predicted octanol–water partition coefficient (Wildman–Crippen LogP) is 14.2. The molecule has 84 heavy (non-hydrogen) atoms. The van der Waals surface area contributed by atoms with Crippen LogP contribution in [0.25, 0.3) is 0 Å². The topological polar surface area (TPSA) is 127 Å². The van der Waals surface area contributed by atoms with Crippen LogP contribution in [0.2, 0.25) is 0 Å². The zero-order valence-corrected chi connectivity index (χ0v) is 49.5. The molecule has 0 N–H and O–H groups in total. The molecule has 2 heterocycles. The van der Waals surface area contributed by atoms with Crippen LogP contribution >= 0.6 is 0 Å². The van der Waals surface area contributed by atoms with Crippen molar-refractivity contribution in [3.05, 3.63) is 297 Å². The van der Waals surface area contributed by atoms with Gasteiger partial charge in [0, 0.05) is 37.8 Å². The van der Waals surface area contributed by atoms with Gasteiger partial charge >= 0.3 is 11.9 Å². The van der Waals surface area contributed by atoms with Crippen LogP contribution in [0, 0.1) is 25.7 Å². The van der Waals surface area contributed by atoms with Gasteiger partial charge in [-0.05, 0) is 133 Å². The molecule has 0 radical (unpaired) electrons. The Hall–Kier alpha value is -8.00. The molecule has 12 heteroatoms. The number of hydrogen-bond acceptors (Lipinski definition) is 8. The number of sulfonamides is 2. The van der Waals surface area contributed by atoms with Crippen LogP contribution in [0.4, 0.5) is 0 Å². The van der Waals surface area contributed by atoms with Crippen molar-refractivity contribution in [2.24, 2.45) is 11.8 Å². The number of carbonyl (C=O) groups excluding carboxylic acids is 2. The van der Waals surface area contributed by atoms with Crippen molar-refractivity contribution in [1.82, 2.24) is 8.61 Å². The number of nitrogens with zero attached hydrogens (tertiary/aromatic N) is 2. The molecule has 4 aliphatic rings. The van der Waals surface area contributed by atoms with Crippen LogP contribution in [0.3, 0.4) is 0 Å². The van der Waals surface area contributed by atoms with E-state index in [1.54, 1.807) is 57.1 Å². The number of esters is 2. The van der Waals surface area contributed by atoms with Crippen LogP contribution < -0.4 is 0 Å². The summed E-state index contributed by atoms with van der Waals surface area (Å²) in [7, 11) is -7.58. The van der Waals surface area contributed by atoms with Gasteiger partial charge in [-0.15, -0.1) is 0 Å². The molecule has 2 aliphatic heterocycles. The zero-order valence-electron chi connectivity index (χ0n) is 47.9. The first kappa shape index (κ1) is 57.8. The minimum absolute atomic E-state index is 0.0593. The minimum Gasteiger partial charge on any atom is -0.446 e. The number of ether oxygens (including phenoxy) is 2. The second-order valence-corrected chi connectivity index (χ2v) is 26.3. The molecule has 2 fully saturated rings. The van der Waals surface area contributed by atoms with E-state index in [4.69, 9.17) is 9.47 Å². The summed E-state index contributed by atoms with van der Waals surface area (Å²) in [5.74, 6) is -0.878. The van der Waals surface area contributed by atoms with Crippen molar-refractivity contribution in [2.45, 2.75) is 99.3 Å². The van der Waals surface area contributed by atoms with Crippen molar-refractivity contribution in [3.63, 3.8) is 0 Å². The van der Waals surface area contributed by atoms with Crippen LogP contribution in [-0.4, -0.2) is 62.6 Å². The molecule has 428 valence electrons. The van der Waals surface area contributed by atoms with E-state index in [9.17, 15) is 26.4 Å². The number of rotatable bonds is 16. The molecule has 0 amide bonds. The van der Waals surface area contributed by atoms with Crippen molar-refractivity contribution in [3.8, 4) is 0 Å². The molecule has 0 aromatic heterocycles. The molecule has 0 unspecified atom stereocenters. The van der Waals surface area contributed by atoms with Crippen molar-refractivity contribution in [1.29, 1.82) is 0 Å².